The van der Waals surface area contributed by atoms with Crippen molar-refractivity contribution < 1.29 is 4.74 Å². The van der Waals surface area contributed by atoms with Gasteiger partial charge in [-0.15, -0.1) is 0 Å². The van der Waals surface area contributed by atoms with Gasteiger partial charge in [-0.05, 0) is 36.9 Å². The van der Waals surface area contributed by atoms with Crippen LogP contribution in [0.2, 0.25) is 0 Å². The minimum absolute atomic E-state index is 0.508. The van der Waals surface area contributed by atoms with Gasteiger partial charge in [-0.3, -0.25) is 0 Å². The highest BCUT2D eigenvalue weighted by atomic mass is 16.5. The van der Waals surface area contributed by atoms with Gasteiger partial charge in [-0.2, -0.15) is 0 Å². The molecule has 1 aromatic carbocycles. The van der Waals surface area contributed by atoms with Crippen LogP contribution in [-0.2, 0) is 0 Å². The van der Waals surface area contributed by atoms with Crippen LogP contribution in [0.4, 0.5) is 0 Å². The van der Waals surface area contributed by atoms with Gasteiger partial charge in [-0.25, -0.2) is 0 Å². The van der Waals surface area contributed by atoms with Crippen LogP contribution in [0.1, 0.15) is 51.2 Å². The van der Waals surface area contributed by atoms with Crippen LogP contribution in [0.3, 0.4) is 0 Å². The fraction of sp³-hybridized carbons (Fsp3) is 0.667. The molecule has 114 valence electrons. The Kier molecular flexibility index (Phi) is 7.08. The molecule has 0 aromatic heterocycles. The Hall–Kier alpha value is -1.02. The van der Waals surface area contributed by atoms with Gasteiger partial charge >= 0.3 is 0 Å². The summed E-state index contributed by atoms with van der Waals surface area (Å²) in [5, 5.41) is 3.61. The predicted octanol–water partition coefficient (Wildman–Crippen LogP) is 4.38. The van der Waals surface area contributed by atoms with Crippen molar-refractivity contribution in [3.63, 3.8) is 0 Å². The summed E-state index contributed by atoms with van der Waals surface area (Å²) < 4.78 is 5.58. The van der Waals surface area contributed by atoms with E-state index in [1.807, 2.05) is 0 Å². The molecular weight excluding hydrogens is 246 g/mol. The third kappa shape index (κ3) is 4.82. The third-order valence-electron chi connectivity index (χ3n) is 4.03. The van der Waals surface area contributed by atoms with Gasteiger partial charge < -0.3 is 10.1 Å². The van der Waals surface area contributed by atoms with Crippen LogP contribution >= 0.6 is 0 Å². The van der Waals surface area contributed by atoms with Crippen molar-refractivity contribution in [3.8, 4) is 5.75 Å². The first kappa shape index (κ1) is 17.0. The molecule has 2 nitrogen and oxygen atoms in total. The Morgan fingerprint density at radius 1 is 1.15 bits per heavy atom. The lowest BCUT2D eigenvalue weighted by atomic mass is 9.84. The summed E-state index contributed by atoms with van der Waals surface area (Å²) in [4.78, 5) is 0. The molecule has 0 saturated heterocycles. The van der Waals surface area contributed by atoms with E-state index in [1.165, 1.54) is 17.5 Å². The summed E-state index contributed by atoms with van der Waals surface area (Å²) in [5.41, 5.74) is 2.65. The molecule has 2 heteroatoms. The first-order valence-electron chi connectivity index (χ1n) is 7.84. The van der Waals surface area contributed by atoms with Crippen molar-refractivity contribution in [3.05, 3.63) is 29.3 Å². The zero-order valence-electron chi connectivity index (χ0n) is 14.0. The van der Waals surface area contributed by atoms with E-state index in [-0.39, 0.29) is 0 Å². The Balaban J connectivity index is 2.94. The number of methoxy groups -OCH3 is 1. The molecule has 0 heterocycles. The topological polar surface area (TPSA) is 21.3 Å². The SMILES string of the molecule is CCC(C)C(CNCC(C)C)c1cc(C)ccc1OC. The lowest BCUT2D eigenvalue weighted by Crippen LogP contribution is -2.28. The molecule has 0 saturated carbocycles. The molecule has 0 bridgehead atoms. The van der Waals surface area contributed by atoms with Crippen LogP contribution in [-0.4, -0.2) is 20.2 Å². The van der Waals surface area contributed by atoms with E-state index in [4.69, 9.17) is 4.74 Å². The minimum Gasteiger partial charge on any atom is -0.496 e. The van der Waals surface area contributed by atoms with Crippen molar-refractivity contribution in [2.24, 2.45) is 11.8 Å². The highest BCUT2D eigenvalue weighted by molar-refractivity contribution is 5.40. The van der Waals surface area contributed by atoms with Crippen LogP contribution in [0, 0.1) is 18.8 Å². The number of hydrogen-bond acceptors (Lipinski definition) is 2. The predicted molar refractivity (Wildman–Crippen MR) is 87.6 cm³/mol. The molecule has 1 aromatic rings. The molecule has 0 amide bonds. The summed E-state index contributed by atoms with van der Waals surface area (Å²) in [5.74, 6) is 2.86. The average Bonchev–Trinajstić information content (AvgIpc) is 2.42. The number of nitrogens with one attached hydrogen (secondary N) is 1. The van der Waals surface area contributed by atoms with Gasteiger partial charge in [0.05, 0.1) is 7.11 Å². The maximum absolute atomic E-state index is 5.58. The first-order valence-corrected chi connectivity index (χ1v) is 7.84. The standard InChI is InChI=1S/C18H31NO/c1-7-15(5)17(12-19-11-13(2)3)16-10-14(4)8-9-18(16)20-6/h8-10,13,15,17,19H,7,11-12H2,1-6H3. The smallest absolute Gasteiger partial charge is 0.122 e. The van der Waals surface area contributed by atoms with Crippen LogP contribution in [0.15, 0.2) is 18.2 Å². The lowest BCUT2D eigenvalue weighted by Gasteiger charge is -2.26. The van der Waals surface area contributed by atoms with Gasteiger partial charge in [0.2, 0.25) is 0 Å². The molecule has 2 atom stereocenters. The Morgan fingerprint density at radius 3 is 2.40 bits per heavy atom. The molecule has 0 radical (unpaired) electrons. The maximum Gasteiger partial charge on any atom is 0.122 e. The van der Waals surface area contributed by atoms with Crippen LogP contribution < -0.4 is 10.1 Å². The molecule has 1 N–H and O–H groups in total. The molecule has 0 aliphatic rings. The number of hydrogen-bond donors (Lipinski definition) is 1. The monoisotopic (exact) mass is 277 g/mol. The van der Waals surface area contributed by atoms with Crippen molar-refractivity contribution in [2.75, 3.05) is 20.2 Å². The van der Waals surface area contributed by atoms with E-state index in [1.54, 1.807) is 7.11 Å². The highest BCUT2D eigenvalue weighted by Crippen LogP contribution is 2.33. The summed E-state index contributed by atoms with van der Waals surface area (Å²) in [7, 11) is 1.77. The summed E-state index contributed by atoms with van der Waals surface area (Å²) in [6, 6.07) is 6.51. The Bertz CT molecular complexity index is 400. The number of rotatable bonds is 8. The second kappa shape index (κ2) is 8.31. The van der Waals surface area contributed by atoms with E-state index < -0.39 is 0 Å². The summed E-state index contributed by atoms with van der Waals surface area (Å²) >= 11 is 0. The van der Waals surface area contributed by atoms with E-state index >= 15 is 0 Å². The van der Waals surface area contributed by atoms with Gasteiger partial charge in [-0.1, -0.05) is 51.8 Å². The van der Waals surface area contributed by atoms with E-state index in [0.29, 0.717) is 17.8 Å². The quantitative estimate of drug-likeness (QED) is 0.761. The first-order chi connectivity index (χ1) is 9.49. The molecule has 0 fully saturated rings. The number of ether oxygens (including phenoxy) is 1. The summed E-state index contributed by atoms with van der Waals surface area (Å²) in [6.07, 6.45) is 1.19. The Morgan fingerprint density at radius 2 is 1.85 bits per heavy atom. The second-order valence-electron chi connectivity index (χ2n) is 6.29. The van der Waals surface area contributed by atoms with E-state index in [0.717, 1.165) is 18.8 Å². The zero-order valence-corrected chi connectivity index (χ0v) is 14.0. The average molecular weight is 277 g/mol. The molecule has 0 aliphatic heterocycles. The maximum atomic E-state index is 5.58. The molecule has 0 aliphatic carbocycles. The lowest BCUT2D eigenvalue weighted by molar-refractivity contribution is 0.373. The van der Waals surface area contributed by atoms with Crippen LogP contribution in [0.5, 0.6) is 5.75 Å². The van der Waals surface area contributed by atoms with Gasteiger partial charge in [0.15, 0.2) is 0 Å². The van der Waals surface area contributed by atoms with Crippen molar-refractivity contribution in [1.82, 2.24) is 5.32 Å². The highest BCUT2D eigenvalue weighted by Gasteiger charge is 2.21. The van der Waals surface area contributed by atoms with Crippen molar-refractivity contribution in [1.29, 1.82) is 0 Å². The largest absolute Gasteiger partial charge is 0.496 e. The van der Waals surface area contributed by atoms with Gasteiger partial charge in [0.1, 0.15) is 5.75 Å². The van der Waals surface area contributed by atoms with Crippen molar-refractivity contribution in [2.45, 2.75) is 47.0 Å². The Labute approximate surface area is 124 Å². The number of benzene rings is 1. The fourth-order valence-electron chi connectivity index (χ4n) is 2.57. The molecule has 20 heavy (non-hydrogen) atoms. The molecule has 2 unspecified atom stereocenters. The fourth-order valence-corrected chi connectivity index (χ4v) is 2.57. The molecular formula is C18H31NO. The second-order valence-corrected chi connectivity index (χ2v) is 6.29. The van der Waals surface area contributed by atoms with Gasteiger partial charge in [0.25, 0.3) is 0 Å². The van der Waals surface area contributed by atoms with E-state index in [9.17, 15) is 0 Å². The third-order valence-corrected chi connectivity index (χ3v) is 4.03. The van der Waals surface area contributed by atoms with E-state index in [2.05, 4.69) is 58.1 Å². The molecule has 0 spiro atoms. The minimum atomic E-state index is 0.508. The normalized spacial score (nSPS) is 14.3. The molecule has 1 rings (SSSR count). The van der Waals surface area contributed by atoms with Gasteiger partial charge in [0, 0.05) is 12.5 Å². The number of aryl methyl sites for hydroxylation is 1. The van der Waals surface area contributed by atoms with Crippen molar-refractivity contribution >= 4 is 0 Å². The summed E-state index contributed by atoms with van der Waals surface area (Å²) in [6.45, 7) is 13.3. The van der Waals surface area contributed by atoms with Crippen LogP contribution in [0.25, 0.3) is 0 Å². The zero-order chi connectivity index (χ0) is 15.1.